The van der Waals surface area contributed by atoms with Crippen LogP contribution in [0.1, 0.15) is 16.2 Å². The molecule has 1 aliphatic rings. The first-order valence-corrected chi connectivity index (χ1v) is 11.3. The van der Waals surface area contributed by atoms with E-state index >= 15 is 0 Å². The Morgan fingerprint density at radius 3 is 2.15 bits per heavy atom. The molecule has 39 heavy (non-hydrogen) atoms. The molecular weight excluding hydrogens is 536 g/mol. The molecule has 0 aliphatic carbocycles. The normalized spacial score (nSPS) is 14.2. The largest absolute Gasteiger partial charge is 0.573 e. The Bertz CT molecular complexity index is 1320. The van der Waals surface area contributed by atoms with Crippen molar-refractivity contribution < 1.29 is 40.7 Å². The molecule has 2 aromatic heterocycles. The summed E-state index contributed by atoms with van der Waals surface area (Å²) < 4.78 is 80.2. The molecule has 3 amide bonds. The number of benzene rings is 1. The second kappa shape index (κ2) is 10.7. The van der Waals surface area contributed by atoms with Gasteiger partial charge in [-0.25, -0.2) is 14.8 Å². The van der Waals surface area contributed by atoms with E-state index in [1.807, 2.05) is 0 Å². The van der Waals surface area contributed by atoms with E-state index in [9.17, 15) is 35.9 Å². The van der Waals surface area contributed by atoms with Gasteiger partial charge in [-0.15, -0.1) is 13.2 Å². The predicted octanol–water partition coefficient (Wildman–Crippen LogP) is 4.34. The number of carbonyl (C=O) groups is 2. The first kappa shape index (κ1) is 27.5. The number of piperazine rings is 1. The maximum atomic E-state index is 13.0. The van der Waals surface area contributed by atoms with Gasteiger partial charge in [0.2, 0.25) is 5.82 Å². The minimum absolute atomic E-state index is 0.0417. The van der Waals surface area contributed by atoms with Gasteiger partial charge in [0.15, 0.2) is 5.82 Å². The Balaban J connectivity index is 1.31. The van der Waals surface area contributed by atoms with E-state index in [1.54, 1.807) is 11.9 Å². The zero-order valence-corrected chi connectivity index (χ0v) is 20.2. The molecule has 0 atom stereocenters. The molecule has 1 aliphatic heterocycles. The summed E-state index contributed by atoms with van der Waals surface area (Å²) in [6, 6.07) is 6.00. The van der Waals surface area contributed by atoms with Gasteiger partial charge in [-0.3, -0.25) is 10.1 Å². The van der Waals surface area contributed by atoms with Gasteiger partial charge in [0.05, 0.1) is 5.56 Å². The number of hydrogen-bond acceptors (Lipinski definition) is 6. The van der Waals surface area contributed by atoms with Gasteiger partial charge in [-0.05, 0) is 36.4 Å². The van der Waals surface area contributed by atoms with Gasteiger partial charge >= 0.3 is 18.6 Å². The second-order valence-electron chi connectivity index (χ2n) is 8.39. The van der Waals surface area contributed by atoms with E-state index in [0.717, 1.165) is 24.4 Å². The molecule has 4 rings (SSSR count). The number of amides is 3. The van der Waals surface area contributed by atoms with Gasteiger partial charge in [0, 0.05) is 51.3 Å². The van der Waals surface area contributed by atoms with Crippen molar-refractivity contribution >= 4 is 29.3 Å². The Hall–Kier alpha value is -4.50. The summed E-state index contributed by atoms with van der Waals surface area (Å²) in [6.07, 6.45) is -7.14. The number of alkyl halides is 6. The quantitative estimate of drug-likeness (QED) is 0.453. The van der Waals surface area contributed by atoms with Crippen molar-refractivity contribution in [2.24, 2.45) is 7.05 Å². The highest BCUT2D eigenvalue weighted by Crippen LogP contribution is 2.29. The molecule has 0 unspecified atom stereocenters. The molecule has 208 valence electrons. The summed E-state index contributed by atoms with van der Waals surface area (Å²) in [6.45, 7) is 1.22. The first-order valence-electron chi connectivity index (χ1n) is 11.3. The molecule has 10 nitrogen and oxygen atoms in total. The number of carbonyl (C=O) groups excluding carboxylic acids is 2. The van der Waals surface area contributed by atoms with Gasteiger partial charge in [0.25, 0.3) is 5.91 Å². The first-order chi connectivity index (χ1) is 18.3. The minimum Gasteiger partial charge on any atom is -0.406 e. The van der Waals surface area contributed by atoms with Crippen molar-refractivity contribution in [2.75, 3.05) is 41.7 Å². The second-order valence-corrected chi connectivity index (χ2v) is 8.39. The molecular formula is C23H21F6N7O3. The van der Waals surface area contributed by atoms with Crippen LogP contribution in [0.5, 0.6) is 5.75 Å². The van der Waals surface area contributed by atoms with Crippen molar-refractivity contribution in [3.63, 3.8) is 0 Å². The van der Waals surface area contributed by atoms with Crippen molar-refractivity contribution in [1.82, 2.24) is 19.4 Å². The van der Waals surface area contributed by atoms with Crippen LogP contribution >= 0.6 is 0 Å². The van der Waals surface area contributed by atoms with Crippen LogP contribution in [0.2, 0.25) is 0 Å². The maximum absolute atomic E-state index is 13.0. The number of ether oxygens (including phenoxy) is 1. The Morgan fingerprint density at radius 2 is 1.59 bits per heavy atom. The number of imidazole rings is 1. The number of urea groups is 1. The van der Waals surface area contributed by atoms with Crippen LogP contribution in [-0.2, 0) is 13.2 Å². The Morgan fingerprint density at radius 1 is 0.923 bits per heavy atom. The topological polar surface area (TPSA) is 105 Å². The summed E-state index contributed by atoms with van der Waals surface area (Å²) in [5.74, 6) is -0.390. The number of pyridine rings is 1. The third kappa shape index (κ3) is 7.08. The summed E-state index contributed by atoms with van der Waals surface area (Å²) in [5, 5.41) is 4.87. The smallest absolute Gasteiger partial charge is 0.406 e. The number of nitrogens with zero attached hydrogens (tertiary/aromatic N) is 5. The molecule has 1 fully saturated rings. The van der Waals surface area contributed by atoms with Crippen molar-refractivity contribution in [2.45, 2.75) is 12.5 Å². The molecule has 3 heterocycles. The van der Waals surface area contributed by atoms with Crippen LogP contribution in [0.25, 0.3) is 0 Å². The van der Waals surface area contributed by atoms with E-state index in [0.29, 0.717) is 18.9 Å². The summed E-state index contributed by atoms with van der Waals surface area (Å²) >= 11 is 0. The van der Waals surface area contributed by atoms with E-state index in [-0.39, 0.29) is 30.4 Å². The highest BCUT2D eigenvalue weighted by molar-refractivity contribution is 6.00. The average Bonchev–Trinajstić information content (AvgIpc) is 3.23. The molecule has 0 radical (unpaired) electrons. The zero-order chi connectivity index (χ0) is 28.4. The fraction of sp³-hybridized carbons (Fsp3) is 0.304. The monoisotopic (exact) mass is 557 g/mol. The number of nitrogens with one attached hydrogen (secondary N) is 2. The average molecular weight is 557 g/mol. The maximum Gasteiger partial charge on any atom is 0.573 e. The Labute approximate surface area is 217 Å². The fourth-order valence-corrected chi connectivity index (χ4v) is 3.76. The lowest BCUT2D eigenvalue weighted by molar-refractivity contribution is -0.274. The number of halogens is 6. The van der Waals surface area contributed by atoms with Crippen molar-refractivity contribution in [3.05, 3.63) is 60.2 Å². The molecule has 0 bridgehead atoms. The summed E-state index contributed by atoms with van der Waals surface area (Å²) in [4.78, 5) is 36.6. The third-order valence-electron chi connectivity index (χ3n) is 5.62. The molecule has 2 N–H and O–H groups in total. The molecule has 0 saturated carbocycles. The minimum atomic E-state index is -4.84. The lowest BCUT2D eigenvalue weighted by Crippen LogP contribution is -2.49. The predicted molar refractivity (Wildman–Crippen MR) is 126 cm³/mol. The molecule has 1 saturated heterocycles. The van der Waals surface area contributed by atoms with Crippen LogP contribution in [0, 0.1) is 0 Å². The van der Waals surface area contributed by atoms with Gasteiger partial charge in [-0.2, -0.15) is 13.2 Å². The van der Waals surface area contributed by atoms with E-state index < -0.39 is 35.8 Å². The van der Waals surface area contributed by atoms with Crippen LogP contribution in [0.4, 0.5) is 48.5 Å². The van der Waals surface area contributed by atoms with Crippen LogP contribution in [0.15, 0.2) is 48.8 Å². The van der Waals surface area contributed by atoms with Crippen LogP contribution < -0.4 is 20.3 Å². The number of rotatable bonds is 5. The van der Waals surface area contributed by atoms with E-state index in [2.05, 4.69) is 25.3 Å². The number of aromatic nitrogens is 3. The lowest BCUT2D eigenvalue weighted by atomic mass is 10.2. The zero-order valence-electron chi connectivity index (χ0n) is 20.2. The summed E-state index contributed by atoms with van der Waals surface area (Å²) in [7, 11) is 1.56. The lowest BCUT2D eigenvalue weighted by Gasteiger charge is -2.35. The molecule has 16 heteroatoms. The molecule has 0 spiro atoms. The van der Waals surface area contributed by atoms with E-state index in [4.69, 9.17) is 0 Å². The fourth-order valence-electron chi connectivity index (χ4n) is 3.76. The SMILES string of the molecule is Cn1cc(NC(=O)Nc2ccc(OC(F)(F)F)cc2)nc1C(=O)N1CCN(c2ccc(C(F)(F)F)cn2)CC1. The molecule has 3 aromatic rings. The number of hydrogen-bond donors (Lipinski definition) is 2. The Kier molecular flexibility index (Phi) is 7.56. The number of anilines is 3. The summed E-state index contributed by atoms with van der Waals surface area (Å²) in [5.41, 5.74) is -0.656. The van der Waals surface area contributed by atoms with Crippen LogP contribution in [-0.4, -0.2) is 63.9 Å². The highest BCUT2D eigenvalue weighted by atomic mass is 19.4. The highest BCUT2D eigenvalue weighted by Gasteiger charge is 2.32. The van der Waals surface area contributed by atoms with Crippen molar-refractivity contribution in [3.8, 4) is 5.75 Å². The van der Waals surface area contributed by atoms with Gasteiger partial charge in [-0.1, -0.05) is 0 Å². The van der Waals surface area contributed by atoms with Gasteiger partial charge < -0.3 is 24.4 Å². The number of aryl methyl sites for hydroxylation is 1. The van der Waals surface area contributed by atoms with Gasteiger partial charge in [0.1, 0.15) is 11.6 Å². The standard InChI is InChI=1S/C23H21F6N7O3/c1-34-13-17(33-21(38)31-15-3-5-16(6-4-15)39-23(27,28)29)32-19(34)20(37)36-10-8-35(9-11-36)18-7-2-14(12-30-18)22(24,25)26/h2-7,12-13H,8-11H2,1H3,(H2,31,33,38). The van der Waals surface area contributed by atoms with E-state index in [1.165, 1.54) is 33.9 Å². The third-order valence-corrected chi connectivity index (χ3v) is 5.62. The molecule has 1 aromatic carbocycles. The van der Waals surface area contributed by atoms with Crippen molar-refractivity contribution in [1.29, 1.82) is 0 Å². The van der Waals surface area contributed by atoms with Crippen LogP contribution in [0.3, 0.4) is 0 Å².